The number of carboxylic acids is 1. The van der Waals surface area contributed by atoms with E-state index in [1.165, 1.54) is 13.8 Å². The summed E-state index contributed by atoms with van der Waals surface area (Å²) >= 11 is 0.470. The second-order valence-electron chi connectivity index (χ2n) is 5.33. The van der Waals surface area contributed by atoms with Gasteiger partial charge >= 0.3 is 29.0 Å². The zero-order valence-electron chi connectivity index (χ0n) is 15.0. The minimum absolute atomic E-state index is 0.0154. The average molecular weight is 433 g/mol. The van der Waals surface area contributed by atoms with Crippen molar-refractivity contribution in [2.24, 2.45) is 0 Å². The predicted octanol–water partition coefficient (Wildman–Crippen LogP) is 1.15. The third kappa shape index (κ3) is 6.60. The highest BCUT2D eigenvalue weighted by Crippen LogP contribution is 2.13. The SMILES string of the molecule is Cc1oc(=O)oc1COC(=O)N[C@H](CSC(=O)OCc1oc(=O)oc1C)C(=O)O. The van der Waals surface area contributed by atoms with E-state index in [0.717, 1.165) is 0 Å². The van der Waals surface area contributed by atoms with Gasteiger partial charge in [0.15, 0.2) is 36.3 Å². The highest BCUT2D eigenvalue weighted by atomic mass is 32.2. The fourth-order valence-corrected chi connectivity index (χ4v) is 2.49. The third-order valence-electron chi connectivity index (χ3n) is 3.28. The number of thioether (sulfide) groups is 1. The smallest absolute Gasteiger partial charge is 0.480 e. The maximum Gasteiger partial charge on any atom is 0.519 e. The molecule has 2 aromatic heterocycles. The van der Waals surface area contributed by atoms with Crippen LogP contribution in [0.4, 0.5) is 9.59 Å². The summed E-state index contributed by atoms with van der Waals surface area (Å²) < 4.78 is 28.0. The maximum absolute atomic E-state index is 11.7. The van der Waals surface area contributed by atoms with Gasteiger partial charge in [-0.2, -0.15) is 0 Å². The quantitative estimate of drug-likeness (QED) is 0.564. The van der Waals surface area contributed by atoms with Gasteiger partial charge in [-0.1, -0.05) is 0 Å². The van der Waals surface area contributed by atoms with E-state index in [9.17, 15) is 24.0 Å². The molecule has 0 aliphatic heterocycles. The molecule has 0 radical (unpaired) electrons. The van der Waals surface area contributed by atoms with Crippen LogP contribution in [0.15, 0.2) is 27.3 Å². The van der Waals surface area contributed by atoms with E-state index < -0.39 is 41.7 Å². The number of aliphatic carboxylic acids is 1. The van der Waals surface area contributed by atoms with Crippen LogP contribution in [0.3, 0.4) is 0 Å². The van der Waals surface area contributed by atoms with Crippen molar-refractivity contribution in [2.45, 2.75) is 33.1 Å². The average Bonchev–Trinajstić information content (AvgIpc) is 3.14. The highest BCUT2D eigenvalue weighted by Gasteiger charge is 2.23. The first-order valence-corrected chi connectivity index (χ1v) is 8.78. The number of carboxylic acid groups (broad SMARTS) is 1. The normalized spacial score (nSPS) is 11.7. The van der Waals surface area contributed by atoms with Crippen molar-refractivity contribution in [3.05, 3.63) is 44.3 Å². The van der Waals surface area contributed by atoms with Gasteiger partial charge in [0.25, 0.3) is 0 Å². The number of aryl methyl sites for hydroxylation is 2. The molecule has 158 valence electrons. The summed E-state index contributed by atoms with van der Waals surface area (Å²) in [6, 6.07) is -1.48. The number of carbonyl (C=O) groups excluding carboxylic acids is 2. The number of ether oxygens (including phenoxy) is 2. The van der Waals surface area contributed by atoms with Crippen molar-refractivity contribution in [3.63, 3.8) is 0 Å². The summed E-state index contributed by atoms with van der Waals surface area (Å²) in [6.07, 6.45) is -1.12. The molecule has 13 nitrogen and oxygen atoms in total. The fourth-order valence-electron chi connectivity index (χ4n) is 1.82. The Bertz CT molecular complexity index is 996. The van der Waals surface area contributed by atoms with Crippen LogP contribution in [0, 0.1) is 13.8 Å². The number of rotatable bonds is 8. The summed E-state index contributed by atoms with van der Waals surface area (Å²) in [5.41, 5.74) is 0. The predicted molar refractivity (Wildman–Crippen MR) is 91.3 cm³/mol. The highest BCUT2D eigenvalue weighted by molar-refractivity contribution is 8.13. The minimum atomic E-state index is -1.48. The molecular formula is C15H15NO12S. The van der Waals surface area contributed by atoms with Gasteiger partial charge in [-0.3, -0.25) is 0 Å². The van der Waals surface area contributed by atoms with Crippen LogP contribution in [0.5, 0.6) is 0 Å². The lowest BCUT2D eigenvalue weighted by atomic mass is 10.3. The Labute approximate surface area is 164 Å². The molecule has 0 aromatic carbocycles. The Morgan fingerprint density at radius 2 is 1.48 bits per heavy atom. The molecule has 0 aliphatic rings. The molecule has 1 atom stereocenters. The maximum atomic E-state index is 11.7. The number of hydrogen-bond donors (Lipinski definition) is 2. The molecule has 0 saturated carbocycles. The van der Waals surface area contributed by atoms with Crippen molar-refractivity contribution >= 4 is 29.1 Å². The number of carbonyl (C=O) groups is 3. The number of nitrogens with one attached hydrogen (secondary N) is 1. The van der Waals surface area contributed by atoms with E-state index in [2.05, 4.69) is 17.7 Å². The summed E-state index contributed by atoms with van der Waals surface area (Å²) in [7, 11) is 0. The lowest BCUT2D eigenvalue weighted by molar-refractivity contribution is -0.138. The zero-order valence-corrected chi connectivity index (χ0v) is 15.9. The van der Waals surface area contributed by atoms with Gasteiger partial charge in [0.1, 0.15) is 6.04 Å². The molecule has 14 heteroatoms. The van der Waals surface area contributed by atoms with Crippen molar-refractivity contribution in [1.29, 1.82) is 0 Å². The standard InChI is InChI=1S/C15H15NO12S/c1-6-9(27-13(20)25-6)3-23-12(19)16-8(11(17)18)5-29-15(22)24-4-10-7(2)26-14(21)28-10/h8H,3-5H2,1-2H3,(H,16,19)(H,17,18)/t8-/m1/s1. The summed E-state index contributed by atoms with van der Waals surface area (Å²) in [4.78, 5) is 56.4. The summed E-state index contributed by atoms with van der Waals surface area (Å²) in [5.74, 6) is -3.48. The van der Waals surface area contributed by atoms with Gasteiger partial charge < -0.3 is 37.6 Å². The van der Waals surface area contributed by atoms with E-state index in [0.29, 0.717) is 11.8 Å². The molecule has 0 bridgehead atoms. The minimum Gasteiger partial charge on any atom is -0.480 e. The van der Waals surface area contributed by atoms with Crippen LogP contribution < -0.4 is 17.0 Å². The Balaban J connectivity index is 1.78. The van der Waals surface area contributed by atoms with E-state index in [1.54, 1.807) is 0 Å². The van der Waals surface area contributed by atoms with E-state index >= 15 is 0 Å². The first kappa shape index (κ1) is 21.9. The van der Waals surface area contributed by atoms with E-state index in [1.807, 2.05) is 5.32 Å². The van der Waals surface area contributed by atoms with Crippen molar-refractivity contribution in [2.75, 3.05) is 5.75 Å². The van der Waals surface area contributed by atoms with Gasteiger partial charge in [-0.25, -0.2) is 24.0 Å². The Morgan fingerprint density at radius 3 is 1.93 bits per heavy atom. The largest absolute Gasteiger partial charge is 0.519 e. The first-order valence-electron chi connectivity index (χ1n) is 7.80. The Morgan fingerprint density at radius 1 is 0.966 bits per heavy atom. The Kier molecular flexibility index (Phi) is 7.30. The van der Waals surface area contributed by atoms with Crippen LogP contribution in [0.25, 0.3) is 0 Å². The van der Waals surface area contributed by atoms with Crippen LogP contribution in [-0.2, 0) is 27.5 Å². The lowest BCUT2D eigenvalue weighted by Crippen LogP contribution is -2.43. The van der Waals surface area contributed by atoms with Crippen molar-refractivity contribution < 1.29 is 46.6 Å². The van der Waals surface area contributed by atoms with E-state index in [-0.39, 0.29) is 35.4 Å². The zero-order chi connectivity index (χ0) is 21.6. The topological polar surface area (TPSA) is 189 Å². The van der Waals surface area contributed by atoms with Gasteiger partial charge in [-0.15, -0.1) is 0 Å². The van der Waals surface area contributed by atoms with Crippen LogP contribution in [-0.4, -0.2) is 34.3 Å². The molecule has 0 fully saturated rings. The second-order valence-corrected chi connectivity index (χ2v) is 6.28. The second kappa shape index (κ2) is 9.68. The number of amides is 1. The lowest BCUT2D eigenvalue weighted by Gasteiger charge is -2.13. The van der Waals surface area contributed by atoms with Crippen molar-refractivity contribution in [3.8, 4) is 0 Å². The van der Waals surface area contributed by atoms with E-state index in [4.69, 9.17) is 14.6 Å². The van der Waals surface area contributed by atoms with Crippen LogP contribution in [0.1, 0.15) is 23.0 Å². The van der Waals surface area contributed by atoms with Crippen LogP contribution in [0.2, 0.25) is 0 Å². The monoisotopic (exact) mass is 433 g/mol. The van der Waals surface area contributed by atoms with Crippen LogP contribution >= 0.6 is 11.8 Å². The molecular weight excluding hydrogens is 418 g/mol. The fraction of sp³-hybridized carbons (Fsp3) is 0.400. The molecule has 2 aromatic rings. The molecule has 2 heterocycles. The van der Waals surface area contributed by atoms with Gasteiger partial charge in [-0.05, 0) is 25.6 Å². The number of alkyl carbamates (subject to hydrolysis) is 1. The van der Waals surface area contributed by atoms with Gasteiger partial charge in [0.2, 0.25) is 0 Å². The number of hydrogen-bond acceptors (Lipinski definition) is 12. The molecule has 0 spiro atoms. The summed E-state index contributed by atoms with van der Waals surface area (Å²) in [6.45, 7) is 2.01. The van der Waals surface area contributed by atoms with Gasteiger partial charge in [0, 0.05) is 5.75 Å². The van der Waals surface area contributed by atoms with Crippen molar-refractivity contribution in [1.82, 2.24) is 5.32 Å². The molecule has 0 saturated heterocycles. The molecule has 29 heavy (non-hydrogen) atoms. The third-order valence-corrected chi connectivity index (χ3v) is 4.14. The first-order chi connectivity index (χ1) is 13.7. The summed E-state index contributed by atoms with van der Waals surface area (Å²) in [5, 5.41) is 10.3. The molecule has 0 aliphatic carbocycles. The molecule has 1 amide bonds. The molecule has 2 N–H and O–H groups in total. The molecule has 2 rings (SSSR count). The molecule has 0 unspecified atom stereocenters. The van der Waals surface area contributed by atoms with Gasteiger partial charge in [0.05, 0.1) is 0 Å². The Hall–Kier alpha value is -3.42.